The first-order chi connectivity index (χ1) is 10.1. The molecule has 0 aliphatic heterocycles. The van der Waals surface area contributed by atoms with Gasteiger partial charge in [-0.1, -0.05) is 6.07 Å². The molecule has 0 atom stereocenters. The van der Waals surface area contributed by atoms with E-state index in [0.717, 1.165) is 5.56 Å². The van der Waals surface area contributed by atoms with Crippen molar-refractivity contribution in [3.8, 4) is 0 Å². The van der Waals surface area contributed by atoms with E-state index in [-0.39, 0.29) is 18.4 Å². The maximum absolute atomic E-state index is 12.1. The van der Waals surface area contributed by atoms with Gasteiger partial charge in [-0.05, 0) is 36.8 Å². The summed E-state index contributed by atoms with van der Waals surface area (Å²) in [4.78, 5) is 27.3. The fourth-order valence-corrected chi connectivity index (χ4v) is 1.74. The van der Waals surface area contributed by atoms with Crippen molar-refractivity contribution in [2.24, 2.45) is 5.73 Å². The summed E-state index contributed by atoms with van der Waals surface area (Å²) in [5.74, 6) is -0.545. The third-order valence-electron chi connectivity index (χ3n) is 2.88. The molecule has 0 aliphatic rings. The van der Waals surface area contributed by atoms with Crippen molar-refractivity contribution >= 4 is 23.2 Å². The highest BCUT2D eigenvalue weighted by Crippen LogP contribution is 2.21. The molecule has 4 N–H and O–H groups in total. The minimum absolute atomic E-state index is 0.0920. The van der Waals surface area contributed by atoms with Gasteiger partial charge in [0.25, 0.3) is 5.91 Å². The Balaban J connectivity index is 2.17. The lowest BCUT2D eigenvalue weighted by atomic mass is 10.1. The average Bonchev–Trinajstić information content (AvgIpc) is 2.51. The van der Waals surface area contributed by atoms with Crippen LogP contribution in [0, 0.1) is 6.92 Å². The van der Waals surface area contributed by atoms with Crippen molar-refractivity contribution in [3.05, 3.63) is 53.9 Å². The normalized spacial score (nSPS) is 10.0. The second kappa shape index (κ2) is 6.62. The summed E-state index contributed by atoms with van der Waals surface area (Å²) in [6.45, 7) is 1.78. The Bertz CT molecular complexity index is 656. The first-order valence-corrected chi connectivity index (χ1v) is 6.42. The minimum atomic E-state index is -0.289. The van der Waals surface area contributed by atoms with Crippen LogP contribution in [-0.4, -0.2) is 23.3 Å². The van der Waals surface area contributed by atoms with Gasteiger partial charge in [0.05, 0.1) is 12.1 Å². The number of nitrogens with zero attached hydrogens (tertiary/aromatic N) is 1. The first-order valence-electron chi connectivity index (χ1n) is 6.42. The number of aromatic nitrogens is 1. The van der Waals surface area contributed by atoms with E-state index in [9.17, 15) is 9.59 Å². The average molecular weight is 284 g/mol. The van der Waals surface area contributed by atoms with Gasteiger partial charge in [-0.15, -0.1) is 0 Å². The molecule has 2 amide bonds. The maximum Gasteiger partial charge on any atom is 0.257 e. The van der Waals surface area contributed by atoms with E-state index in [1.54, 1.807) is 30.5 Å². The Morgan fingerprint density at radius 1 is 1.24 bits per heavy atom. The maximum atomic E-state index is 12.1. The van der Waals surface area contributed by atoms with E-state index in [1.165, 1.54) is 6.20 Å². The molecule has 0 fully saturated rings. The van der Waals surface area contributed by atoms with Crippen LogP contribution >= 0.6 is 0 Å². The summed E-state index contributed by atoms with van der Waals surface area (Å²) in [7, 11) is 0. The lowest BCUT2D eigenvalue weighted by molar-refractivity contribution is -0.114. The molecule has 0 saturated heterocycles. The number of carbonyl (C=O) groups excluding carboxylic acids is 2. The van der Waals surface area contributed by atoms with Crippen molar-refractivity contribution in [1.82, 2.24) is 4.98 Å². The number of nitrogens with two attached hydrogens (primary N) is 1. The molecule has 108 valence electrons. The number of benzene rings is 1. The second-order valence-electron chi connectivity index (χ2n) is 4.48. The van der Waals surface area contributed by atoms with Gasteiger partial charge in [0.2, 0.25) is 5.91 Å². The molecule has 1 aromatic carbocycles. The van der Waals surface area contributed by atoms with Crippen LogP contribution in [0.2, 0.25) is 0 Å². The third-order valence-corrected chi connectivity index (χ3v) is 2.88. The summed E-state index contributed by atoms with van der Waals surface area (Å²) in [6.07, 6.45) is 3.09. The van der Waals surface area contributed by atoms with Crippen LogP contribution in [0.3, 0.4) is 0 Å². The molecule has 0 radical (unpaired) electrons. The quantitative estimate of drug-likeness (QED) is 0.793. The molecule has 0 saturated carbocycles. The van der Waals surface area contributed by atoms with E-state index < -0.39 is 0 Å². The number of pyridine rings is 1. The second-order valence-corrected chi connectivity index (χ2v) is 4.48. The zero-order chi connectivity index (χ0) is 15.2. The summed E-state index contributed by atoms with van der Waals surface area (Å²) in [6, 6.07) is 8.63. The van der Waals surface area contributed by atoms with Gasteiger partial charge >= 0.3 is 0 Å². The molecule has 0 spiro atoms. The molecule has 2 aromatic rings. The number of rotatable bonds is 4. The van der Waals surface area contributed by atoms with E-state index in [2.05, 4.69) is 15.6 Å². The molecule has 1 aromatic heterocycles. The Kier molecular flexibility index (Phi) is 4.63. The van der Waals surface area contributed by atoms with E-state index >= 15 is 0 Å². The molecule has 0 unspecified atom stereocenters. The summed E-state index contributed by atoms with van der Waals surface area (Å²) in [5, 5.41) is 5.44. The van der Waals surface area contributed by atoms with E-state index in [4.69, 9.17) is 5.73 Å². The van der Waals surface area contributed by atoms with Crippen molar-refractivity contribution in [2.75, 3.05) is 17.2 Å². The number of hydrogen-bond acceptors (Lipinski definition) is 4. The van der Waals surface area contributed by atoms with Gasteiger partial charge in [-0.2, -0.15) is 0 Å². The number of carbonyl (C=O) groups is 2. The Morgan fingerprint density at radius 3 is 2.71 bits per heavy atom. The van der Waals surface area contributed by atoms with Crippen LogP contribution in [0.15, 0.2) is 42.7 Å². The molecule has 0 aliphatic carbocycles. The number of hydrogen-bond donors (Lipinski definition) is 3. The highest BCUT2D eigenvalue weighted by Gasteiger charge is 2.09. The number of nitrogens with one attached hydrogen (secondary N) is 2. The standard InChI is InChI=1S/C15H16N4O2/c1-10-4-5-12(18-14(20)8-16)7-13(10)19-15(21)11-3-2-6-17-9-11/h2-7,9H,8,16H2,1H3,(H,18,20)(H,19,21). The zero-order valence-electron chi connectivity index (χ0n) is 11.6. The summed E-state index contributed by atoms with van der Waals surface area (Å²) in [5.41, 5.74) is 7.81. The predicted octanol–water partition coefficient (Wildman–Crippen LogP) is 1.54. The highest BCUT2D eigenvalue weighted by molar-refractivity contribution is 6.05. The molecule has 6 heteroatoms. The number of anilines is 2. The largest absolute Gasteiger partial charge is 0.325 e. The van der Waals surface area contributed by atoms with Crippen LogP contribution < -0.4 is 16.4 Å². The molecule has 0 bridgehead atoms. The number of amides is 2. The fourth-order valence-electron chi connectivity index (χ4n) is 1.74. The van der Waals surface area contributed by atoms with Gasteiger partial charge in [0.1, 0.15) is 0 Å². The Hall–Kier alpha value is -2.73. The fraction of sp³-hybridized carbons (Fsp3) is 0.133. The van der Waals surface area contributed by atoms with Gasteiger partial charge in [0.15, 0.2) is 0 Å². The highest BCUT2D eigenvalue weighted by atomic mass is 16.2. The Morgan fingerprint density at radius 2 is 2.05 bits per heavy atom. The van der Waals surface area contributed by atoms with Crippen LogP contribution in [0.4, 0.5) is 11.4 Å². The smallest absolute Gasteiger partial charge is 0.257 e. The van der Waals surface area contributed by atoms with Crippen LogP contribution in [0.5, 0.6) is 0 Å². The molecular weight excluding hydrogens is 268 g/mol. The number of aryl methyl sites for hydroxylation is 1. The van der Waals surface area contributed by atoms with Crippen molar-refractivity contribution in [2.45, 2.75) is 6.92 Å². The monoisotopic (exact) mass is 284 g/mol. The third kappa shape index (κ3) is 3.87. The van der Waals surface area contributed by atoms with E-state index in [1.807, 2.05) is 13.0 Å². The van der Waals surface area contributed by atoms with Crippen LogP contribution in [-0.2, 0) is 4.79 Å². The van der Waals surface area contributed by atoms with Gasteiger partial charge in [-0.25, -0.2) is 0 Å². The topological polar surface area (TPSA) is 97.1 Å². The lowest BCUT2D eigenvalue weighted by Crippen LogP contribution is -2.22. The molecular formula is C15H16N4O2. The molecule has 6 nitrogen and oxygen atoms in total. The van der Waals surface area contributed by atoms with Gasteiger partial charge in [0, 0.05) is 23.8 Å². The van der Waals surface area contributed by atoms with E-state index in [0.29, 0.717) is 16.9 Å². The van der Waals surface area contributed by atoms with Crippen LogP contribution in [0.25, 0.3) is 0 Å². The lowest BCUT2D eigenvalue weighted by Gasteiger charge is -2.11. The summed E-state index contributed by atoms with van der Waals surface area (Å²) >= 11 is 0. The van der Waals surface area contributed by atoms with Crippen molar-refractivity contribution < 1.29 is 9.59 Å². The summed E-state index contributed by atoms with van der Waals surface area (Å²) < 4.78 is 0. The molecule has 1 heterocycles. The molecule has 2 rings (SSSR count). The Labute approximate surface area is 122 Å². The first kappa shape index (κ1) is 14.7. The zero-order valence-corrected chi connectivity index (χ0v) is 11.6. The predicted molar refractivity (Wildman–Crippen MR) is 81.1 cm³/mol. The molecule has 21 heavy (non-hydrogen) atoms. The van der Waals surface area contributed by atoms with Gasteiger partial charge in [-0.3, -0.25) is 14.6 Å². The van der Waals surface area contributed by atoms with Crippen LogP contribution in [0.1, 0.15) is 15.9 Å². The SMILES string of the molecule is Cc1ccc(NC(=O)CN)cc1NC(=O)c1cccnc1. The van der Waals surface area contributed by atoms with Gasteiger partial charge < -0.3 is 16.4 Å². The van der Waals surface area contributed by atoms with Crippen molar-refractivity contribution in [1.29, 1.82) is 0 Å². The van der Waals surface area contributed by atoms with Crippen molar-refractivity contribution in [3.63, 3.8) is 0 Å². The minimum Gasteiger partial charge on any atom is -0.325 e.